The molecule has 1 saturated heterocycles. The molecule has 5 heteroatoms. The fourth-order valence-corrected chi connectivity index (χ4v) is 2.05. The lowest BCUT2D eigenvalue weighted by Gasteiger charge is -2.18. The topological polar surface area (TPSA) is 67.1 Å². The predicted molar refractivity (Wildman–Crippen MR) is 65.5 cm³/mol. The van der Waals surface area contributed by atoms with Crippen molar-refractivity contribution in [3.8, 4) is 0 Å². The number of nitrogens with two attached hydrogens (primary N) is 1. The zero-order valence-electron chi connectivity index (χ0n) is 9.90. The van der Waals surface area contributed by atoms with E-state index in [9.17, 15) is 0 Å². The number of aryl methyl sites for hydroxylation is 1. The van der Waals surface area contributed by atoms with Gasteiger partial charge in [-0.15, -0.1) is 0 Å². The highest BCUT2D eigenvalue weighted by atomic mass is 15.2. The molecule has 2 heterocycles. The molecular formula is C11H19N5. The number of anilines is 2. The van der Waals surface area contributed by atoms with Gasteiger partial charge in [-0.2, -0.15) is 4.98 Å². The molecule has 88 valence electrons. The minimum absolute atomic E-state index is 0.377. The van der Waals surface area contributed by atoms with Gasteiger partial charge in [-0.1, -0.05) is 6.92 Å². The first-order valence-electron chi connectivity index (χ1n) is 5.78. The fourth-order valence-electron chi connectivity index (χ4n) is 2.05. The Labute approximate surface area is 96.1 Å². The first-order chi connectivity index (χ1) is 7.72. The van der Waals surface area contributed by atoms with Gasteiger partial charge in [0.1, 0.15) is 5.82 Å². The molecule has 0 spiro atoms. The van der Waals surface area contributed by atoms with Gasteiger partial charge in [-0.3, -0.25) is 0 Å². The molecule has 16 heavy (non-hydrogen) atoms. The van der Waals surface area contributed by atoms with Crippen molar-refractivity contribution in [3.05, 3.63) is 11.8 Å². The van der Waals surface area contributed by atoms with E-state index in [0.29, 0.717) is 12.0 Å². The van der Waals surface area contributed by atoms with Crippen molar-refractivity contribution in [2.24, 2.45) is 0 Å². The number of nitrogens with one attached hydrogen (secondary N) is 1. The molecule has 0 aliphatic carbocycles. The molecule has 0 saturated carbocycles. The van der Waals surface area contributed by atoms with Crippen LogP contribution in [-0.2, 0) is 6.42 Å². The molecule has 3 N–H and O–H groups in total. The summed E-state index contributed by atoms with van der Waals surface area (Å²) in [4.78, 5) is 10.7. The summed E-state index contributed by atoms with van der Waals surface area (Å²) in [6.07, 6.45) is 2.05. The van der Waals surface area contributed by atoms with Gasteiger partial charge < -0.3 is 16.0 Å². The first-order valence-corrected chi connectivity index (χ1v) is 5.78. The van der Waals surface area contributed by atoms with Gasteiger partial charge in [0, 0.05) is 30.9 Å². The zero-order chi connectivity index (χ0) is 11.5. The fraction of sp³-hybridized carbons (Fsp3) is 0.636. The molecule has 1 aromatic rings. The van der Waals surface area contributed by atoms with Crippen LogP contribution in [-0.4, -0.2) is 36.1 Å². The lowest BCUT2D eigenvalue weighted by molar-refractivity contribution is 0.616. The van der Waals surface area contributed by atoms with Crippen LogP contribution in [0.3, 0.4) is 0 Å². The van der Waals surface area contributed by atoms with Crippen LogP contribution >= 0.6 is 0 Å². The van der Waals surface area contributed by atoms with Crippen LogP contribution in [0.4, 0.5) is 11.8 Å². The van der Waals surface area contributed by atoms with E-state index in [1.165, 1.54) is 0 Å². The monoisotopic (exact) mass is 221 g/mol. The Morgan fingerprint density at radius 2 is 2.38 bits per heavy atom. The maximum Gasteiger partial charge on any atom is 0.222 e. The van der Waals surface area contributed by atoms with Crippen LogP contribution in [0, 0.1) is 0 Å². The van der Waals surface area contributed by atoms with Crippen molar-refractivity contribution in [2.45, 2.75) is 25.8 Å². The zero-order valence-corrected chi connectivity index (χ0v) is 9.90. The molecule has 0 radical (unpaired) electrons. The molecule has 5 nitrogen and oxygen atoms in total. The van der Waals surface area contributed by atoms with Crippen molar-refractivity contribution in [1.29, 1.82) is 0 Å². The lowest BCUT2D eigenvalue weighted by Crippen LogP contribution is -2.30. The van der Waals surface area contributed by atoms with E-state index in [4.69, 9.17) is 5.73 Å². The average Bonchev–Trinajstić information content (AvgIpc) is 2.76. The van der Waals surface area contributed by atoms with Crippen LogP contribution < -0.4 is 16.0 Å². The summed E-state index contributed by atoms with van der Waals surface area (Å²) >= 11 is 0. The summed E-state index contributed by atoms with van der Waals surface area (Å²) in [5.74, 6) is 1.34. The largest absolute Gasteiger partial charge is 0.368 e. The highest BCUT2D eigenvalue weighted by Gasteiger charge is 2.22. The van der Waals surface area contributed by atoms with E-state index in [0.717, 1.165) is 37.4 Å². The SMILES string of the molecule is CCc1cc(N2CC[C@H](NC)C2)nc(N)n1. The number of nitrogen functional groups attached to an aromatic ring is 1. The van der Waals surface area contributed by atoms with Crippen molar-refractivity contribution in [1.82, 2.24) is 15.3 Å². The highest BCUT2D eigenvalue weighted by Crippen LogP contribution is 2.19. The van der Waals surface area contributed by atoms with Crippen LogP contribution in [0.2, 0.25) is 0 Å². The number of rotatable bonds is 3. The minimum Gasteiger partial charge on any atom is -0.368 e. The Balaban J connectivity index is 2.17. The van der Waals surface area contributed by atoms with Gasteiger partial charge in [0.2, 0.25) is 5.95 Å². The van der Waals surface area contributed by atoms with E-state index >= 15 is 0 Å². The third-order valence-electron chi connectivity index (χ3n) is 3.07. The summed E-state index contributed by atoms with van der Waals surface area (Å²) < 4.78 is 0. The number of hydrogen-bond acceptors (Lipinski definition) is 5. The standard InChI is InChI=1S/C11H19N5/c1-3-8-6-10(15-11(12)14-8)16-5-4-9(7-16)13-2/h6,9,13H,3-5,7H2,1-2H3,(H2,12,14,15)/t9-/m0/s1. The third-order valence-corrected chi connectivity index (χ3v) is 3.07. The summed E-state index contributed by atoms with van der Waals surface area (Å²) in [6.45, 7) is 4.10. The summed E-state index contributed by atoms with van der Waals surface area (Å²) in [5, 5.41) is 3.29. The Bertz CT molecular complexity index is 365. The molecule has 1 aromatic heterocycles. The Morgan fingerprint density at radius 3 is 3.00 bits per heavy atom. The molecule has 1 aliphatic heterocycles. The van der Waals surface area contributed by atoms with Gasteiger partial charge in [-0.05, 0) is 19.9 Å². The molecule has 0 bridgehead atoms. The number of aromatic nitrogens is 2. The maximum atomic E-state index is 5.71. The van der Waals surface area contributed by atoms with Gasteiger partial charge in [-0.25, -0.2) is 4.98 Å². The van der Waals surface area contributed by atoms with Gasteiger partial charge in [0.25, 0.3) is 0 Å². The number of hydrogen-bond donors (Lipinski definition) is 2. The van der Waals surface area contributed by atoms with Crippen molar-refractivity contribution >= 4 is 11.8 Å². The second kappa shape index (κ2) is 4.65. The molecule has 0 amide bonds. The number of likely N-dealkylation sites (N-methyl/N-ethyl adjacent to an activating group) is 1. The maximum absolute atomic E-state index is 5.71. The smallest absolute Gasteiger partial charge is 0.222 e. The van der Waals surface area contributed by atoms with E-state index < -0.39 is 0 Å². The Morgan fingerprint density at radius 1 is 1.56 bits per heavy atom. The highest BCUT2D eigenvalue weighted by molar-refractivity contribution is 5.44. The van der Waals surface area contributed by atoms with Gasteiger partial charge in [0.15, 0.2) is 0 Å². The average molecular weight is 221 g/mol. The third kappa shape index (κ3) is 2.24. The molecule has 1 atom stereocenters. The quantitative estimate of drug-likeness (QED) is 0.774. The molecule has 0 aromatic carbocycles. The van der Waals surface area contributed by atoms with Crippen molar-refractivity contribution in [2.75, 3.05) is 30.8 Å². The second-order valence-corrected chi connectivity index (χ2v) is 4.15. The molecular weight excluding hydrogens is 202 g/mol. The predicted octanol–water partition coefficient (Wildman–Crippen LogP) is 0.419. The van der Waals surface area contributed by atoms with E-state index in [-0.39, 0.29) is 0 Å². The summed E-state index contributed by atoms with van der Waals surface area (Å²) in [6, 6.07) is 2.59. The first kappa shape index (κ1) is 11.1. The van der Waals surface area contributed by atoms with Gasteiger partial charge in [0.05, 0.1) is 0 Å². The summed E-state index contributed by atoms with van der Waals surface area (Å²) in [7, 11) is 2.00. The normalized spacial score (nSPS) is 20.4. The van der Waals surface area contributed by atoms with Crippen molar-refractivity contribution < 1.29 is 0 Å². The van der Waals surface area contributed by atoms with Gasteiger partial charge >= 0.3 is 0 Å². The second-order valence-electron chi connectivity index (χ2n) is 4.15. The molecule has 1 aliphatic rings. The molecule has 0 unspecified atom stereocenters. The minimum atomic E-state index is 0.377. The van der Waals surface area contributed by atoms with Crippen LogP contribution in [0.25, 0.3) is 0 Å². The Kier molecular flexibility index (Phi) is 3.24. The van der Waals surface area contributed by atoms with E-state index in [2.05, 4.69) is 27.1 Å². The van der Waals surface area contributed by atoms with Crippen LogP contribution in [0.1, 0.15) is 19.0 Å². The summed E-state index contributed by atoms with van der Waals surface area (Å²) in [5.41, 5.74) is 6.71. The lowest BCUT2D eigenvalue weighted by atomic mass is 10.3. The molecule has 1 fully saturated rings. The van der Waals surface area contributed by atoms with Crippen LogP contribution in [0.5, 0.6) is 0 Å². The number of nitrogens with zero attached hydrogens (tertiary/aromatic N) is 3. The van der Waals surface area contributed by atoms with E-state index in [1.807, 2.05) is 13.1 Å². The van der Waals surface area contributed by atoms with Crippen molar-refractivity contribution in [3.63, 3.8) is 0 Å². The molecule has 2 rings (SSSR count). The van der Waals surface area contributed by atoms with E-state index in [1.54, 1.807) is 0 Å². The Hall–Kier alpha value is -1.36. The van der Waals surface area contributed by atoms with Crippen LogP contribution in [0.15, 0.2) is 6.07 Å².